The molecule has 0 unspecified atom stereocenters. The molecule has 3 aliphatic rings. The number of carbonyl (C=O) groups is 1. The number of nitrogens with zero attached hydrogens (tertiary/aromatic N) is 1. The van der Waals surface area contributed by atoms with Crippen LogP contribution in [0.25, 0.3) is 0 Å². The average Bonchev–Trinajstić information content (AvgIpc) is 3.23. The predicted molar refractivity (Wildman–Crippen MR) is 113 cm³/mol. The van der Waals surface area contributed by atoms with Crippen LogP contribution >= 0.6 is 0 Å². The Labute approximate surface area is 174 Å². The molecule has 4 rings (SSSR count). The molecule has 1 aromatic rings. The van der Waals surface area contributed by atoms with Gasteiger partial charge in [-0.05, 0) is 68.6 Å². The van der Waals surface area contributed by atoms with Gasteiger partial charge in [-0.1, -0.05) is 19.3 Å². The van der Waals surface area contributed by atoms with Crippen molar-refractivity contribution in [3.63, 3.8) is 0 Å². The number of rotatable bonds is 7. The highest BCUT2D eigenvalue weighted by Crippen LogP contribution is 2.34. The van der Waals surface area contributed by atoms with E-state index in [4.69, 9.17) is 4.74 Å². The van der Waals surface area contributed by atoms with E-state index >= 15 is 0 Å². The Morgan fingerprint density at radius 1 is 1.03 bits per heavy atom. The smallest absolute Gasteiger partial charge is 0.220 e. The van der Waals surface area contributed by atoms with Crippen LogP contribution in [-0.2, 0) is 17.6 Å². The van der Waals surface area contributed by atoms with E-state index in [1.807, 2.05) is 6.07 Å². The molecule has 160 valence electrons. The molecular formula is C24H35FN2O2. The highest BCUT2D eigenvalue weighted by molar-refractivity contribution is 5.76. The molecule has 2 aliphatic carbocycles. The van der Waals surface area contributed by atoms with Crippen molar-refractivity contribution >= 4 is 5.91 Å². The predicted octanol–water partition coefficient (Wildman–Crippen LogP) is 4.24. The number of benzene rings is 1. The molecule has 0 radical (unpaired) electrons. The number of carbonyl (C=O) groups excluding carboxylic acids is 1. The molecule has 4 nitrogen and oxygen atoms in total. The summed E-state index contributed by atoms with van der Waals surface area (Å²) in [6, 6.07) is 3.37. The van der Waals surface area contributed by atoms with Gasteiger partial charge < -0.3 is 15.0 Å². The summed E-state index contributed by atoms with van der Waals surface area (Å²) in [6.45, 7) is 3.64. The minimum Gasteiger partial charge on any atom is -0.490 e. The normalized spacial score (nSPS) is 21.1. The Kier molecular flexibility index (Phi) is 7.06. The van der Waals surface area contributed by atoms with Gasteiger partial charge in [0.25, 0.3) is 0 Å². The van der Waals surface area contributed by atoms with Crippen molar-refractivity contribution in [3.05, 3.63) is 29.1 Å². The van der Waals surface area contributed by atoms with Crippen LogP contribution in [0.3, 0.4) is 0 Å². The number of nitrogens with one attached hydrogen (secondary N) is 1. The zero-order valence-electron chi connectivity index (χ0n) is 17.6. The lowest BCUT2D eigenvalue weighted by molar-refractivity contribution is -0.122. The lowest BCUT2D eigenvalue weighted by atomic mass is 9.87. The van der Waals surface area contributed by atoms with Crippen molar-refractivity contribution in [3.8, 4) is 5.75 Å². The lowest BCUT2D eigenvalue weighted by Crippen LogP contribution is -2.42. The molecule has 5 heteroatoms. The Balaban J connectivity index is 1.15. The van der Waals surface area contributed by atoms with Gasteiger partial charge in [0, 0.05) is 38.2 Å². The molecule has 1 amide bonds. The molecular weight excluding hydrogens is 367 g/mol. The van der Waals surface area contributed by atoms with Gasteiger partial charge in [-0.2, -0.15) is 0 Å². The van der Waals surface area contributed by atoms with Gasteiger partial charge in [0.15, 0.2) is 0 Å². The molecule has 1 aliphatic heterocycles. The van der Waals surface area contributed by atoms with Crippen molar-refractivity contribution < 1.29 is 13.9 Å². The SMILES string of the molecule is O=C(CC1CCCCC1)NCCN1CCC(Oc2ccc(F)c3c2CCC3)CC1. The maximum Gasteiger partial charge on any atom is 0.220 e. The van der Waals surface area contributed by atoms with Crippen molar-refractivity contribution in [1.29, 1.82) is 0 Å². The number of halogens is 1. The van der Waals surface area contributed by atoms with Crippen molar-refractivity contribution in [2.24, 2.45) is 5.92 Å². The van der Waals surface area contributed by atoms with Crippen LogP contribution in [0, 0.1) is 11.7 Å². The lowest BCUT2D eigenvalue weighted by Gasteiger charge is -2.32. The van der Waals surface area contributed by atoms with Gasteiger partial charge in [-0.25, -0.2) is 4.39 Å². The molecule has 0 spiro atoms. The molecule has 1 aromatic carbocycles. The third-order valence-electron chi connectivity index (χ3n) is 6.96. The van der Waals surface area contributed by atoms with Crippen LogP contribution in [-0.4, -0.2) is 43.1 Å². The van der Waals surface area contributed by atoms with Crippen LogP contribution in [0.4, 0.5) is 4.39 Å². The second-order valence-electron chi connectivity index (χ2n) is 9.07. The van der Waals surface area contributed by atoms with E-state index in [1.54, 1.807) is 6.07 Å². The highest BCUT2D eigenvalue weighted by atomic mass is 19.1. The quantitative estimate of drug-likeness (QED) is 0.742. The van der Waals surface area contributed by atoms with E-state index in [1.165, 1.54) is 32.1 Å². The summed E-state index contributed by atoms with van der Waals surface area (Å²) in [5.74, 6) is 1.64. The largest absolute Gasteiger partial charge is 0.490 e. The first-order valence-corrected chi connectivity index (χ1v) is 11.6. The van der Waals surface area contributed by atoms with Crippen LogP contribution in [0.2, 0.25) is 0 Å². The molecule has 29 heavy (non-hydrogen) atoms. The fourth-order valence-corrected chi connectivity index (χ4v) is 5.25. The van der Waals surface area contributed by atoms with Gasteiger partial charge in [-0.15, -0.1) is 0 Å². The Morgan fingerprint density at radius 2 is 1.79 bits per heavy atom. The van der Waals surface area contributed by atoms with Gasteiger partial charge in [0.1, 0.15) is 17.7 Å². The topological polar surface area (TPSA) is 41.6 Å². The summed E-state index contributed by atoms with van der Waals surface area (Å²) in [7, 11) is 0. The van der Waals surface area contributed by atoms with E-state index in [0.29, 0.717) is 12.3 Å². The van der Waals surface area contributed by atoms with Gasteiger partial charge in [0.05, 0.1) is 0 Å². The first-order valence-electron chi connectivity index (χ1n) is 11.6. The van der Waals surface area contributed by atoms with Crippen LogP contribution in [0.15, 0.2) is 12.1 Å². The fraction of sp³-hybridized carbons (Fsp3) is 0.708. The number of amides is 1. The minimum atomic E-state index is -0.0785. The summed E-state index contributed by atoms with van der Waals surface area (Å²) in [5.41, 5.74) is 1.96. The third-order valence-corrected chi connectivity index (χ3v) is 6.96. The maximum absolute atomic E-state index is 13.9. The van der Waals surface area contributed by atoms with Gasteiger partial charge in [-0.3, -0.25) is 4.79 Å². The van der Waals surface area contributed by atoms with Gasteiger partial charge in [0.2, 0.25) is 5.91 Å². The fourth-order valence-electron chi connectivity index (χ4n) is 5.25. The zero-order valence-corrected chi connectivity index (χ0v) is 17.6. The summed E-state index contributed by atoms with van der Waals surface area (Å²) in [5, 5.41) is 3.11. The second kappa shape index (κ2) is 9.92. The van der Waals surface area contributed by atoms with Crippen LogP contribution in [0.1, 0.15) is 68.9 Å². The van der Waals surface area contributed by atoms with Gasteiger partial charge >= 0.3 is 0 Å². The minimum absolute atomic E-state index is 0.0785. The number of hydrogen-bond acceptors (Lipinski definition) is 3. The van der Waals surface area contributed by atoms with Crippen LogP contribution in [0.5, 0.6) is 5.75 Å². The number of likely N-dealkylation sites (tertiary alicyclic amines) is 1. The molecule has 0 aromatic heterocycles. The zero-order chi connectivity index (χ0) is 20.1. The highest BCUT2D eigenvalue weighted by Gasteiger charge is 2.24. The van der Waals surface area contributed by atoms with Crippen LogP contribution < -0.4 is 10.1 Å². The first kappa shape index (κ1) is 20.6. The summed E-state index contributed by atoms with van der Waals surface area (Å²) in [6.07, 6.45) is 12.0. The molecule has 0 bridgehead atoms. The number of hydrogen-bond donors (Lipinski definition) is 1. The number of fused-ring (bicyclic) bond motifs is 1. The Bertz CT molecular complexity index is 694. The Morgan fingerprint density at radius 3 is 2.59 bits per heavy atom. The van der Waals surface area contributed by atoms with E-state index < -0.39 is 0 Å². The first-order chi connectivity index (χ1) is 14.2. The molecule has 2 fully saturated rings. The summed E-state index contributed by atoms with van der Waals surface area (Å²) < 4.78 is 20.2. The summed E-state index contributed by atoms with van der Waals surface area (Å²) >= 11 is 0. The summed E-state index contributed by atoms with van der Waals surface area (Å²) in [4.78, 5) is 14.6. The molecule has 1 heterocycles. The second-order valence-corrected chi connectivity index (χ2v) is 9.07. The van der Waals surface area contributed by atoms with E-state index in [2.05, 4.69) is 10.2 Å². The number of ether oxygens (including phenoxy) is 1. The molecule has 1 N–H and O–H groups in total. The van der Waals surface area contributed by atoms with E-state index in [9.17, 15) is 9.18 Å². The third kappa shape index (κ3) is 5.50. The molecule has 1 saturated heterocycles. The van der Waals surface area contributed by atoms with E-state index in [0.717, 1.165) is 75.2 Å². The Hall–Kier alpha value is -1.62. The number of piperidine rings is 1. The molecule has 0 atom stereocenters. The van der Waals surface area contributed by atoms with Crippen molar-refractivity contribution in [2.75, 3.05) is 26.2 Å². The maximum atomic E-state index is 13.9. The van der Waals surface area contributed by atoms with Crippen molar-refractivity contribution in [2.45, 2.75) is 76.7 Å². The average molecular weight is 403 g/mol. The van der Waals surface area contributed by atoms with Crippen molar-refractivity contribution in [1.82, 2.24) is 10.2 Å². The monoisotopic (exact) mass is 402 g/mol. The van der Waals surface area contributed by atoms with E-state index in [-0.39, 0.29) is 17.8 Å². The molecule has 1 saturated carbocycles. The standard InChI is InChI=1S/C24H35FN2O2/c25-22-9-10-23(21-8-4-7-20(21)22)29-19-11-14-27(15-12-19)16-13-26-24(28)17-18-5-2-1-3-6-18/h9-10,18-19H,1-8,11-17H2,(H,26,28).